The minimum Gasteiger partial charge on any atom is -0.467 e. The predicted molar refractivity (Wildman–Crippen MR) is 94.3 cm³/mol. The van der Waals surface area contributed by atoms with Gasteiger partial charge in [-0.1, -0.05) is 32.9 Å². The van der Waals surface area contributed by atoms with Crippen molar-refractivity contribution in [3.8, 4) is 5.75 Å². The van der Waals surface area contributed by atoms with Crippen molar-refractivity contribution in [1.82, 2.24) is 4.90 Å². The highest BCUT2D eigenvalue weighted by Gasteiger charge is 2.28. The third-order valence-electron chi connectivity index (χ3n) is 3.40. The Balaban J connectivity index is 2.17. The first kappa shape index (κ1) is 19.1. The average Bonchev–Trinajstić information content (AvgIpc) is 2.98. The lowest BCUT2D eigenvalue weighted by Gasteiger charge is -2.29. The molecule has 0 fully saturated rings. The van der Waals surface area contributed by atoms with Crippen LogP contribution < -0.4 is 4.18 Å². The van der Waals surface area contributed by atoms with E-state index in [0.717, 1.165) is 11.8 Å². The number of carbonyl (C=O) groups excluding carboxylic acids is 1. The molecule has 0 aliphatic heterocycles. The second kappa shape index (κ2) is 7.31. The van der Waals surface area contributed by atoms with Gasteiger partial charge < -0.3 is 13.5 Å². The van der Waals surface area contributed by atoms with Crippen LogP contribution in [0.15, 0.2) is 47.1 Å². The summed E-state index contributed by atoms with van der Waals surface area (Å²) in [4.78, 5) is 14.4. The van der Waals surface area contributed by atoms with Gasteiger partial charge in [-0.3, -0.25) is 4.79 Å². The highest BCUT2D eigenvalue weighted by atomic mass is 32.2. The molecule has 1 amide bonds. The molecule has 0 bridgehead atoms. The van der Waals surface area contributed by atoms with E-state index in [0.29, 0.717) is 18.8 Å². The van der Waals surface area contributed by atoms with Crippen LogP contribution in [0.25, 0.3) is 0 Å². The zero-order valence-electron chi connectivity index (χ0n) is 14.9. The second-order valence-electron chi connectivity index (χ2n) is 6.92. The summed E-state index contributed by atoms with van der Waals surface area (Å²) in [5.41, 5.74) is 0.344. The topological polar surface area (TPSA) is 76.8 Å². The van der Waals surface area contributed by atoms with Crippen molar-refractivity contribution in [3.05, 3.63) is 54.0 Å². The van der Waals surface area contributed by atoms with Gasteiger partial charge in [-0.25, -0.2) is 0 Å². The number of hydrogen-bond donors (Lipinski definition) is 0. The van der Waals surface area contributed by atoms with Gasteiger partial charge >= 0.3 is 10.1 Å². The summed E-state index contributed by atoms with van der Waals surface area (Å²) < 4.78 is 32.5. The molecule has 0 radical (unpaired) electrons. The molecule has 1 aromatic heterocycles. The van der Waals surface area contributed by atoms with E-state index in [2.05, 4.69) is 0 Å². The number of amides is 1. The molecule has 1 aromatic carbocycles. The Hall–Kier alpha value is -2.28. The first-order valence-electron chi connectivity index (χ1n) is 7.85. The lowest BCUT2D eigenvalue weighted by molar-refractivity contribution is -0.141. The monoisotopic (exact) mass is 365 g/mol. The quantitative estimate of drug-likeness (QED) is 0.735. The summed E-state index contributed by atoms with van der Waals surface area (Å²) in [5, 5.41) is 0. The van der Waals surface area contributed by atoms with Gasteiger partial charge in [0.1, 0.15) is 11.5 Å². The van der Waals surface area contributed by atoms with Crippen LogP contribution in [-0.2, 0) is 28.0 Å². The molecular weight excluding hydrogens is 342 g/mol. The van der Waals surface area contributed by atoms with Crippen LogP contribution in [0, 0.1) is 5.41 Å². The molecule has 2 rings (SSSR count). The number of nitrogens with zero attached hydrogens (tertiary/aromatic N) is 1. The van der Waals surface area contributed by atoms with Crippen LogP contribution in [0.1, 0.15) is 32.1 Å². The van der Waals surface area contributed by atoms with Crippen LogP contribution >= 0.6 is 0 Å². The summed E-state index contributed by atoms with van der Waals surface area (Å²) >= 11 is 0. The van der Waals surface area contributed by atoms with E-state index in [1.165, 1.54) is 0 Å². The zero-order chi connectivity index (χ0) is 18.7. The fraction of sp³-hybridized carbons (Fsp3) is 0.389. The Morgan fingerprint density at radius 1 is 1.12 bits per heavy atom. The van der Waals surface area contributed by atoms with Crippen LogP contribution in [0.3, 0.4) is 0 Å². The summed E-state index contributed by atoms with van der Waals surface area (Å²) in [5.74, 6) is 0.945. The maximum absolute atomic E-state index is 12.7. The summed E-state index contributed by atoms with van der Waals surface area (Å²) in [6.07, 6.45) is 2.57. The molecule has 6 nitrogen and oxygen atoms in total. The molecule has 0 saturated heterocycles. The molecule has 0 N–H and O–H groups in total. The molecule has 136 valence electrons. The van der Waals surface area contributed by atoms with Gasteiger partial charge in [0.15, 0.2) is 0 Å². The van der Waals surface area contributed by atoms with Crippen molar-refractivity contribution in [3.63, 3.8) is 0 Å². The minimum atomic E-state index is -3.56. The van der Waals surface area contributed by atoms with Crippen LogP contribution in [0.2, 0.25) is 0 Å². The van der Waals surface area contributed by atoms with Gasteiger partial charge in [-0.15, -0.1) is 0 Å². The molecular formula is C18H23NO5S. The first-order valence-corrected chi connectivity index (χ1v) is 9.66. The van der Waals surface area contributed by atoms with Crippen molar-refractivity contribution >= 4 is 16.0 Å². The molecule has 0 saturated carbocycles. The van der Waals surface area contributed by atoms with Crippen LogP contribution in [0.5, 0.6) is 5.75 Å². The fourth-order valence-electron chi connectivity index (χ4n) is 2.31. The van der Waals surface area contributed by atoms with E-state index in [1.54, 1.807) is 41.5 Å². The predicted octanol–water partition coefficient (Wildman–Crippen LogP) is 3.19. The smallest absolute Gasteiger partial charge is 0.306 e. The maximum Gasteiger partial charge on any atom is 0.306 e. The van der Waals surface area contributed by atoms with Crippen molar-refractivity contribution in [2.24, 2.45) is 5.41 Å². The van der Waals surface area contributed by atoms with Gasteiger partial charge in [0.25, 0.3) is 0 Å². The van der Waals surface area contributed by atoms with Gasteiger partial charge in [0.05, 0.1) is 19.1 Å². The van der Waals surface area contributed by atoms with Crippen LogP contribution in [-0.4, -0.2) is 25.5 Å². The van der Waals surface area contributed by atoms with E-state index in [-0.39, 0.29) is 11.7 Å². The Kier molecular flexibility index (Phi) is 5.57. The number of furan rings is 1. The van der Waals surface area contributed by atoms with Crippen molar-refractivity contribution in [2.75, 3.05) is 6.26 Å². The summed E-state index contributed by atoms with van der Waals surface area (Å²) in [6.45, 7) is 6.36. The third kappa shape index (κ3) is 5.94. The second-order valence-corrected chi connectivity index (χ2v) is 8.50. The number of hydrogen-bond acceptors (Lipinski definition) is 5. The number of carbonyl (C=O) groups is 1. The molecule has 2 aromatic rings. The molecule has 0 atom stereocenters. The average molecular weight is 365 g/mol. The standard InChI is InChI=1S/C18H23NO5S/c1-18(2,3)17(20)19(13-16-6-5-11-23-16)12-14-7-9-15(10-8-14)24-25(4,21)22/h5-11H,12-13H2,1-4H3. The Morgan fingerprint density at radius 2 is 1.76 bits per heavy atom. The van der Waals surface area contributed by atoms with Crippen molar-refractivity contribution < 1.29 is 21.8 Å². The molecule has 1 heterocycles. The molecule has 0 unspecified atom stereocenters. The van der Waals surface area contributed by atoms with Gasteiger partial charge in [-0.2, -0.15) is 8.42 Å². The fourth-order valence-corrected chi connectivity index (χ4v) is 2.77. The molecule has 0 aliphatic rings. The lowest BCUT2D eigenvalue weighted by atomic mass is 9.94. The number of rotatable bonds is 6. The minimum absolute atomic E-state index is 0.000336. The Bertz CT molecular complexity index is 802. The third-order valence-corrected chi connectivity index (χ3v) is 3.90. The summed E-state index contributed by atoms with van der Waals surface area (Å²) in [6, 6.07) is 10.2. The molecule has 25 heavy (non-hydrogen) atoms. The Morgan fingerprint density at radius 3 is 2.24 bits per heavy atom. The van der Waals surface area contributed by atoms with E-state index in [4.69, 9.17) is 8.60 Å². The molecule has 0 spiro atoms. The summed E-state index contributed by atoms with van der Waals surface area (Å²) in [7, 11) is -3.56. The largest absolute Gasteiger partial charge is 0.467 e. The van der Waals surface area contributed by atoms with E-state index in [9.17, 15) is 13.2 Å². The zero-order valence-corrected chi connectivity index (χ0v) is 15.7. The maximum atomic E-state index is 12.7. The SMILES string of the molecule is CC(C)(C)C(=O)N(Cc1ccc(OS(C)(=O)=O)cc1)Cc1ccco1. The highest BCUT2D eigenvalue weighted by molar-refractivity contribution is 7.86. The normalized spacial score (nSPS) is 12.0. The van der Waals surface area contributed by atoms with Crippen molar-refractivity contribution in [1.29, 1.82) is 0 Å². The molecule has 0 aliphatic carbocycles. The van der Waals surface area contributed by atoms with E-state index in [1.807, 2.05) is 26.8 Å². The van der Waals surface area contributed by atoms with Gasteiger partial charge in [0, 0.05) is 12.0 Å². The van der Waals surface area contributed by atoms with E-state index < -0.39 is 15.5 Å². The van der Waals surface area contributed by atoms with Crippen molar-refractivity contribution in [2.45, 2.75) is 33.9 Å². The highest BCUT2D eigenvalue weighted by Crippen LogP contribution is 2.22. The van der Waals surface area contributed by atoms with Crippen LogP contribution in [0.4, 0.5) is 0 Å². The van der Waals surface area contributed by atoms with E-state index >= 15 is 0 Å². The Labute approximate surface area is 148 Å². The molecule has 7 heteroatoms. The van der Waals surface area contributed by atoms with Gasteiger partial charge in [0.2, 0.25) is 5.91 Å². The lowest BCUT2D eigenvalue weighted by Crippen LogP contribution is -2.38. The number of benzene rings is 1. The van der Waals surface area contributed by atoms with Gasteiger partial charge in [-0.05, 0) is 29.8 Å². The first-order chi connectivity index (χ1) is 11.5.